The Morgan fingerprint density at radius 2 is 2.21 bits per heavy atom. The van der Waals surface area contributed by atoms with E-state index in [0.717, 1.165) is 12.8 Å². The first-order chi connectivity index (χ1) is 9.02. The number of thioether (sulfide) groups is 1. The molecule has 102 valence electrons. The highest BCUT2D eigenvalue weighted by atomic mass is 32.2. The monoisotopic (exact) mass is 278 g/mol. The van der Waals surface area contributed by atoms with Gasteiger partial charge in [0, 0.05) is 16.2 Å². The van der Waals surface area contributed by atoms with Crippen molar-refractivity contribution in [2.75, 3.05) is 0 Å². The summed E-state index contributed by atoms with van der Waals surface area (Å²) in [6, 6.07) is 9.65. The summed E-state index contributed by atoms with van der Waals surface area (Å²) >= 11 is 1.49. The molecule has 2 unspecified atom stereocenters. The average Bonchev–Trinajstić information content (AvgIpc) is 3.15. The predicted molar refractivity (Wildman–Crippen MR) is 76.5 cm³/mol. The highest BCUT2D eigenvalue weighted by molar-refractivity contribution is 8.00. The zero-order valence-electron chi connectivity index (χ0n) is 11.3. The van der Waals surface area contributed by atoms with Crippen LogP contribution in [0.1, 0.15) is 33.1 Å². The molecule has 0 bridgehead atoms. The zero-order chi connectivity index (χ0) is 13.9. The van der Waals surface area contributed by atoms with E-state index >= 15 is 0 Å². The standard InChI is InChI=1S/C15H19FN2S/c1-11(19-14-6-4-3-5-13(14)16)9-15(2,10-17)18-12-7-8-12/h3-6,11-12,18H,7-9H2,1-2H3. The topological polar surface area (TPSA) is 35.8 Å². The van der Waals surface area contributed by atoms with Crippen molar-refractivity contribution in [3.05, 3.63) is 30.1 Å². The summed E-state index contributed by atoms with van der Waals surface area (Å²) in [7, 11) is 0. The van der Waals surface area contributed by atoms with Gasteiger partial charge in [0.15, 0.2) is 0 Å². The van der Waals surface area contributed by atoms with Crippen molar-refractivity contribution in [2.24, 2.45) is 0 Å². The Labute approximate surface area is 118 Å². The number of rotatable bonds is 6. The molecule has 1 aromatic carbocycles. The number of benzene rings is 1. The second-order valence-corrected chi connectivity index (χ2v) is 6.91. The molecule has 1 fully saturated rings. The summed E-state index contributed by atoms with van der Waals surface area (Å²) < 4.78 is 13.6. The third-order valence-electron chi connectivity index (χ3n) is 3.21. The van der Waals surface area contributed by atoms with Crippen LogP contribution in [0.3, 0.4) is 0 Å². The molecule has 2 rings (SSSR count). The normalized spacial score (nSPS) is 19.5. The summed E-state index contributed by atoms with van der Waals surface area (Å²) in [6.07, 6.45) is 3.03. The molecule has 2 nitrogen and oxygen atoms in total. The predicted octanol–water partition coefficient (Wildman–Crippen LogP) is 3.73. The van der Waals surface area contributed by atoms with Crippen molar-refractivity contribution >= 4 is 11.8 Å². The number of hydrogen-bond acceptors (Lipinski definition) is 3. The van der Waals surface area contributed by atoms with E-state index < -0.39 is 5.54 Å². The van der Waals surface area contributed by atoms with Crippen molar-refractivity contribution in [3.63, 3.8) is 0 Å². The van der Waals surface area contributed by atoms with Gasteiger partial charge >= 0.3 is 0 Å². The molecule has 0 amide bonds. The molecule has 4 heteroatoms. The van der Waals surface area contributed by atoms with Crippen LogP contribution in [0.4, 0.5) is 4.39 Å². The van der Waals surface area contributed by atoms with Crippen LogP contribution in [0.5, 0.6) is 0 Å². The number of hydrogen-bond donors (Lipinski definition) is 1. The molecule has 1 aliphatic rings. The van der Waals surface area contributed by atoms with E-state index in [1.54, 1.807) is 12.1 Å². The SMILES string of the molecule is CC(CC(C)(C#N)NC1CC1)Sc1ccccc1F. The van der Waals surface area contributed by atoms with Crippen LogP contribution in [0, 0.1) is 17.1 Å². The Kier molecular flexibility index (Phi) is 4.49. The first kappa shape index (κ1) is 14.4. The summed E-state index contributed by atoms with van der Waals surface area (Å²) in [5.41, 5.74) is -0.515. The quantitative estimate of drug-likeness (QED) is 0.805. The van der Waals surface area contributed by atoms with Crippen LogP contribution in [-0.2, 0) is 0 Å². The van der Waals surface area contributed by atoms with Gasteiger partial charge in [0.1, 0.15) is 11.4 Å². The first-order valence-electron chi connectivity index (χ1n) is 6.62. The minimum absolute atomic E-state index is 0.187. The maximum atomic E-state index is 13.6. The summed E-state index contributed by atoms with van der Waals surface area (Å²) in [5, 5.41) is 12.9. The Morgan fingerprint density at radius 3 is 2.79 bits per heavy atom. The second-order valence-electron chi connectivity index (χ2n) is 5.43. The van der Waals surface area contributed by atoms with Crippen molar-refractivity contribution in [2.45, 2.75) is 54.8 Å². The number of halogens is 1. The zero-order valence-corrected chi connectivity index (χ0v) is 12.1. The molecule has 0 aromatic heterocycles. The Hall–Kier alpha value is -1.05. The lowest BCUT2D eigenvalue weighted by atomic mass is 9.98. The lowest BCUT2D eigenvalue weighted by Crippen LogP contribution is -2.44. The van der Waals surface area contributed by atoms with Gasteiger partial charge in [-0.25, -0.2) is 4.39 Å². The van der Waals surface area contributed by atoms with Crippen LogP contribution >= 0.6 is 11.8 Å². The van der Waals surface area contributed by atoms with Crippen molar-refractivity contribution in [1.29, 1.82) is 5.26 Å². The highest BCUT2D eigenvalue weighted by Crippen LogP contribution is 2.32. The summed E-state index contributed by atoms with van der Waals surface area (Å²) in [4.78, 5) is 0.654. The third-order valence-corrected chi connectivity index (χ3v) is 4.36. The van der Waals surface area contributed by atoms with E-state index in [2.05, 4.69) is 11.4 Å². The van der Waals surface area contributed by atoms with Crippen LogP contribution in [0.25, 0.3) is 0 Å². The van der Waals surface area contributed by atoms with Gasteiger partial charge in [-0.3, -0.25) is 5.32 Å². The molecule has 1 N–H and O–H groups in total. The third kappa shape index (κ3) is 4.22. The fourth-order valence-corrected chi connectivity index (χ4v) is 3.38. The van der Waals surface area contributed by atoms with Gasteiger partial charge in [-0.1, -0.05) is 19.1 Å². The largest absolute Gasteiger partial charge is 0.297 e. The summed E-state index contributed by atoms with van der Waals surface area (Å²) in [6.45, 7) is 3.98. The van der Waals surface area contributed by atoms with Crippen LogP contribution in [-0.4, -0.2) is 16.8 Å². The molecule has 1 saturated carbocycles. The molecular weight excluding hydrogens is 259 g/mol. The second kappa shape index (κ2) is 5.94. The van der Waals surface area contributed by atoms with Gasteiger partial charge in [0.05, 0.1) is 6.07 Å². The lowest BCUT2D eigenvalue weighted by molar-refractivity contribution is 0.414. The van der Waals surface area contributed by atoms with E-state index in [1.165, 1.54) is 17.8 Å². The maximum absolute atomic E-state index is 13.6. The lowest BCUT2D eigenvalue weighted by Gasteiger charge is -2.26. The van der Waals surface area contributed by atoms with Crippen molar-refractivity contribution in [1.82, 2.24) is 5.32 Å². The van der Waals surface area contributed by atoms with Gasteiger partial charge in [-0.2, -0.15) is 5.26 Å². The number of nitrogens with one attached hydrogen (secondary N) is 1. The molecule has 0 heterocycles. The molecule has 1 aliphatic carbocycles. The first-order valence-corrected chi connectivity index (χ1v) is 7.50. The fraction of sp³-hybridized carbons (Fsp3) is 0.533. The molecule has 19 heavy (non-hydrogen) atoms. The molecule has 0 radical (unpaired) electrons. The Balaban J connectivity index is 1.94. The molecular formula is C15H19FN2S. The van der Waals surface area contributed by atoms with E-state index in [0.29, 0.717) is 17.4 Å². The molecule has 0 saturated heterocycles. The summed E-state index contributed by atoms with van der Waals surface area (Å²) in [5.74, 6) is -0.187. The molecule has 0 aliphatic heterocycles. The Morgan fingerprint density at radius 1 is 1.53 bits per heavy atom. The highest BCUT2D eigenvalue weighted by Gasteiger charge is 2.33. The minimum Gasteiger partial charge on any atom is -0.297 e. The van der Waals surface area contributed by atoms with E-state index in [9.17, 15) is 9.65 Å². The maximum Gasteiger partial charge on any atom is 0.136 e. The molecule has 1 aromatic rings. The minimum atomic E-state index is -0.515. The number of nitrogens with zero attached hydrogens (tertiary/aromatic N) is 1. The molecule has 0 spiro atoms. The van der Waals surface area contributed by atoms with Gasteiger partial charge in [-0.15, -0.1) is 11.8 Å². The Bertz CT molecular complexity index is 481. The average molecular weight is 278 g/mol. The van der Waals surface area contributed by atoms with Crippen LogP contribution in [0.2, 0.25) is 0 Å². The van der Waals surface area contributed by atoms with Crippen molar-refractivity contribution in [3.8, 4) is 6.07 Å². The molecule has 2 atom stereocenters. The van der Waals surface area contributed by atoms with E-state index in [1.807, 2.05) is 19.9 Å². The van der Waals surface area contributed by atoms with Gasteiger partial charge in [-0.05, 0) is 38.3 Å². The van der Waals surface area contributed by atoms with E-state index in [4.69, 9.17) is 0 Å². The fourth-order valence-electron chi connectivity index (χ4n) is 2.19. The van der Waals surface area contributed by atoms with Crippen LogP contribution < -0.4 is 5.32 Å². The van der Waals surface area contributed by atoms with Gasteiger partial charge in [0.2, 0.25) is 0 Å². The van der Waals surface area contributed by atoms with Crippen molar-refractivity contribution < 1.29 is 4.39 Å². The van der Waals surface area contributed by atoms with Gasteiger partial charge in [0.25, 0.3) is 0 Å². The van der Waals surface area contributed by atoms with E-state index in [-0.39, 0.29) is 11.1 Å². The number of nitriles is 1. The van der Waals surface area contributed by atoms with Gasteiger partial charge < -0.3 is 0 Å². The van der Waals surface area contributed by atoms with Crippen LogP contribution in [0.15, 0.2) is 29.2 Å². The smallest absolute Gasteiger partial charge is 0.136 e.